The zero-order valence-electron chi connectivity index (χ0n) is 7.91. The Kier molecular flexibility index (Phi) is 2.86. The van der Waals surface area contributed by atoms with Gasteiger partial charge in [-0.25, -0.2) is 0 Å². The number of aryl methyl sites for hydroxylation is 1. The van der Waals surface area contributed by atoms with Crippen molar-refractivity contribution in [2.75, 3.05) is 5.73 Å². The van der Waals surface area contributed by atoms with Gasteiger partial charge in [-0.15, -0.1) is 0 Å². The van der Waals surface area contributed by atoms with Crippen LogP contribution in [0.3, 0.4) is 0 Å². The number of carbonyl (C=O) groups is 2. The number of amides is 1. The van der Waals surface area contributed by atoms with Gasteiger partial charge in [-0.2, -0.15) is 0 Å². The minimum absolute atomic E-state index is 0.265. The normalized spacial score (nSPS) is 9.79. The maximum atomic E-state index is 11.0. The van der Waals surface area contributed by atoms with Crippen LogP contribution < -0.4 is 11.5 Å². The van der Waals surface area contributed by atoms with Gasteiger partial charge in [0.05, 0.1) is 5.56 Å². The van der Waals surface area contributed by atoms with E-state index in [1.54, 1.807) is 19.1 Å². The maximum absolute atomic E-state index is 11.0. The van der Waals surface area contributed by atoms with Crippen LogP contribution >= 0.6 is 0 Å². The number of rotatable bonds is 3. The van der Waals surface area contributed by atoms with Gasteiger partial charge in [0.25, 0.3) is 5.91 Å². The van der Waals surface area contributed by atoms with Gasteiger partial charge in [0.2, 0.25) is 0 Å². The van der Waals surface area contributed by atoms with Gasteiger partial charge < -0.3 is 16.3 Å². The number of nitrogen functional groups attached to an aromatic ring is 1. The lowest BCUT2D eigenvalue weighted by Crippen LogP contribution is -2.15. The standard InChI is InChI=1S/C10H12N2O2/c1-6-4-7(2-3-13)5-8(9(6)11)10(12)14/h3-5H,2,11H2,1H3,(H2,12,14). The fraction of sp³-hybridized carbons (Fsp3) is 0.200. The molecule has 0 saturated carbocycles. The summed E-state index contributed by atoms with van der Waals surface area (Å²) < 4.78 is 0. The maximum Gasteiger partial charge on any atom is 0.250 e. The highest BCUT2D eigenvalue weighted by atomic mass is 16.1. The van der Waals surface area contributed by atoms with Crippen molar-refractivity contribution < 1.29 is 9.59 Å². The van der Waals surface area contributed by atoms with E-state index in [9.17, 15) is 9.59 Å². The summed E-state index contributed by atoms with van der Waals surface area (Å²) in [5.74, 6) is -0.571. The molecule has 0 unspecified atom stereocenters. The second kappa shape index (κ2) is 3.91. The summed E-state index contributed by atoms with van der Waals surface area (Å²) in [7, 11) is 0. The van der Waals surface area contributed by atoms with Crippen molar-refractivity contribution in [3.8, 4) is 0 Å². The predicted octanol–water partition coefficient (Wildman–Crippen LogP) is 0.418. The molecule has 4 N–H and O–H groups in total. The largest absolute Gasteiger partial charge is 0.398 e. The molecule has 0 aliphatic heterocycles. The van der Waals surface area contributed by atoms with E-state index in [-0.39, 0.29) is 12.0 Å². The minimum Gasteiger partial charge on any atom is -0.398 e. The molecule has 1 amide bonds. The lowest BCUT2D eigenvalue weighted by Gasteiger charge is -2.07. The second-order valence-corrected chi connectivity index (χ2v) is 3.11. The Hall–Kier alpha value is -1.84. The Morgan fingerprint density at radius 2 is 2.14 bits per heavy atom. The second-order valence-electron chi connectivity index (χ2n) is 3.11. The molecule has 1 aromatic carbocycles. The first kappa shape index (κ1) is 10.2. The number of aldehydes is 1. The number of primary amides is 1. The van der Waals surface area contributed by atoms with Crippen LogP contribution in [0.25, 0.3) is 0 Å². The smallest absolute Gasteiger partial charge is 0.250 e. The van der Waals surface area contributed by atoms with E-state index >= 15 is 0 Å². The molecule has 1 rings (SSSR count). The quantitative estimate of drug-likeness (QED) is 0.537. The Bertz CT molecular complexity index is 386. The first-order chi connectivity index (χ1) is 6.56. The van der Waals surface area contributed by atoms with Gasteiger partial charge in [-0.1, -0.05) is 6.07 Å². The molecule has 0 fully saturated rings. The molecule has 0 spiro atoms. The molecule has 0 aliphatic carbocycles. The monoisotopic (exact) mass is 192 g/mol. The number of hydrogen-bond donors (Lipinski definition) is 2. The van der Waals surface area contributed by atoms with Gasteiger partial charge in [-0.05, 0) is 24.1 Å². The molecule has 74 valence electrons. The molecule has 14 heavy (non-hydrogen) atoms. The summed E-state index contributed by atoms with van der Waals surface area (Å²) in [4.78, 5) is 21.3. The first-order valence-corrected chi connectivity index (χ1v) is 4.18. The lowest BCUT2D eigenvalue weighted by atomic mass is 10.0. The van der Waals surface area contributed by atoms with Crippen LogP contribution in [0.15, 0.2) is 12.1 Å². The third kappa shape index (κ3) is 1.90. The molecule has 4 nitrogen and oxygen atoms in total. The summed E-state index contributed by atoms with van der Waals surface area (Å²) in [5.41, 5.74) is 13.0. The topological polar surface area (TPSA) is 86.2 Å². The van der Waals surface area contributed by atoms with Crippen molar-refractivity contribution in [2.45, 2.75) is 13.3 Å². The minimum atomic E-state index is -0.571. The highest BCUT2D eigenvalue weighted by molar-refractivity contribution is 5.98. The van der Waals surface area contributed by atoms with Gasteiger partial charge in [0.1, 0.15) is 6.29 Å². The van der Waals surface area contributed by atoms with Crippen LogP contribution in [0.2, 0.25) is 0 Å². The summed E-state index contributed by atoms with van der Waals surface area (Å²) in [5, 5.41) is 0. The van der Waals surface area contributed by atoms with Crippen molar-refractivity contribution in [1.29, 1.82) is 0 Å². The predicted molar refractivity (Wildman–Crippen MR) is 53.9 cm³/mol. The fourth-order valence-corrected chi connectivity index (χ4v) is 1.29. The highest BCUT2D eigenvalue weighted by Gasteiger charge is 2.09. The van der Waals surface area contributed by atoms with Crippen LogP contribution in [-0.2, 0) is 11.2 Å². The van der Waals surface area contributed by atoms with Crippen LogP contribution in [0.1, 0.15) is 21.5 Å². The van der Waals surface area contributed by atoms with Gasteiger partial charge >= 0.3 is 0 Å². The van der Waals surface area contributed by atoms with Gasteiger partial charge in [0, 0.05) is 12.1 Å². The molecule has 0 atom stereocenters. The summed E-state index contributed by atoms with van der Waals surface area (Å²) in [6.45, 7) is 1.77. The summed E-state index contributed by atoms with van der Waals surface area (Å²) in [6, 6.07) is 3.33. The average Bonchev–Trinajstić information content (AvgIpc) is 2.11. The number of hydrogen-bond acceptors (Lipinski definition) is 3. The van der Waals surface area contributed by atoms with E-state index in [1.807, 2.05) is 0 Å². The van der Waals surface area contributed by atoms with E-state index in [0.29, 0.717) is 5.69 Å². The van der Waals surface area contributed by atoms with Crippen molar-refractivity contribution in [3.05, 3.63) is 28.8 Å². The molecule has 1 aromatic rings. The molecule has 0 bridgehead atoms. The zero-order valence-corrected chi connectivity index (χ0v) is 7.91. The average molecular weight is 192 g/mol. The van der Waals surface area contributed by atoms with Crippen LogP contribution in [0, 0.1) is 6.92 Å². The van der Waals surface area contributed by atoms with E-state index in [4.69, 9.17) is 11.5 Å². The van der Waals surface area contributed by atoms with Crippen LogP contribution in [0.5, 0.6) is 0 Å². The molecule has 0 radical (unpaired) electrons. The summed E-state index contributed by atoms with van der Waals surface area (Å²) in [6.07, 6.45) is 1.04. The number of anilines is 1. The third-order valence-electron chi connectivity index (χ3n) is 2.03. The zero-order chi connectivity index (χ0) is 10.7. The van der Waals surface area contributed by atoms with Gasteiger partial charge in [0.15, 0.2) is 0 Å². The molecule has 0 aliphatic rings. The number of nitrogens with two attached hydrogens (primary N) is 2. The van der Waals surface area contributed by atoms with Crippen molar-refractivity contribution in [1.82, 2.24) is 0 Å². The molecule has 0 saturated heterocycles. The first-order valence-electron chi connectivity index (χ1n) is 4.18. The summed E-state index contributed by atoms with van der Waals surface area (Å²) >= 11 is 0. The molecular formula is C10H12N2O2. The highest BCUT2D eigenvalue weighted by Crippen LogP contribution is 2.19. The number of benzene rings is 1. The fourth-order valence-electron chi connectivity index (χ4n) is 1.29. The molecule has 0 heterocycles. The van der Waals surface area contributed by atoms with Crippen LogP contribution in [-0.4, -0.2) is 12.2 Å². The lowest BCUT2D eigenvalue weighted by molar-refractivity contribution is -0.107. The Morgan fingerprint density at radius 3 is 2.64 bits per heavy atom. The third-order valence-corrected chi connectivity index (χ3v) is 2.03. The Labute approximate surface area is 81.9 Å². The molecular weight excluding hydrogens is 180 g/mol. The van der Waals surface area contributed by atoms with Crippen LogP contribution in [0.4, 0.5) is 5.69 Å². The molecule has 0 aromatic heterocycles. The molecule has 4 heteroatoms. The van der Waals surface area contributed by atoms with E-state index in [1.165, 1.54) is 0 Å². The van der Waals surface area contributed by atoms with E-state index in [0.717, 1.165) is 17.4 Å². The van der Waals surface area contributed by atoms with Crippen molar-refractivity contribution in [3.63, 3.8) is 0 Å². The van der Waals surface area contributed by atoms with Crippen molar-refractivity contribution in [2.24, 2.45) is 5.73 Å². The van der Waals surface area contributed by atoms with Crippen molar-refractivity contribution >= 4 is 17.9 Å². The van der Waals surface area contributed by atoms with Gasteiger partial charge in [-0.3, -0.25) is 4.79 Å². The Balaban J connectivity index is 3.27. The Morgan fingerprint density at radius 1 is 1.50 bits per heavy atom. The van der Waals surface area contributed by atoms with E-state index in [2.05, 4.69) is 0 Å². The number of carbonyl (C=O) groups excluding carboxylic acids is 2. The van der Waals surface area contributed by atoms with E-state index < -0.39 is 5.91 Å². The SMILES string of the molecule is Cc1cc(CC=O)cc(C(N)=O)c1N.